The summed E-state index contributed by atoms with van der Waals surface area (Å²) >= 11 is 0. The molecule has 1 unspecified atom stereocenters. The molecule has 0 spiro atoms. The summed E-state index contributed by atoms with van der Waals surface area (Å²) in [5, 5.41) is 0. The van der Waals surface area contributed by atoms with E-state index in [9.17, 15) is 8.42 Å². The molecule has 0 radical (unpaired) electrons. The summed E-state index contributed by atoms with van der Waals surface area (Å²) in [6, 6.07) is 14.1. The molecule has 0 aliphatic rings. The fourth-order valence-electron chi connectivity index (χ4n) is 3.32. The van der Waals surface area contributed by atoms with Gasteiger partial charge in [-0.25, -0.2) is 13.1 Å². The van der Waals surface area contributed by atoms with Crippen LogP contribution in [-0.2, 0) is 14.8 Å². The molecule has 0 saturated carbocycles. The van der Waals surface area contributed by atoms with Crippen LogP contribution in [0.3, 0.4) is 0 Å². The lowest BCUT2D eigenvalue weighted by Gasteiger charge is -2.30. The van der Waals surface area contributed by atoms with Gasteiger partial charge < -0.3 is 14.2 Å². The predicted molar refractivity (Wildman–Crippen MR) is 122 cm³/mol. The van der Waals surface area contributed by atoms with Gasteiger partial charge in [0.25, 0.3) is 0 Å². The summed E-state index contributed by atoms with van der Waals surface area (Å²) in [7, 11) is -2.04. The van der Waals surface area contributed by atoms with E-state index in [2.05, 4.69) is 23.5 Å². The second-order valence-electron chi connectivity index (χ2n) is 6.88. The van der Waals surface area contributed by atoms with Crippen molar-refractivity contribution in [3.05, 3.63) is 54.1 Å². The summed E-state index contributed by atoms with van der Waals surface area (Å²) in [6.45, 7) is 9.46. The first-order valence-electron chi connectivity index (χ1n) is 10.6. The average Bonchev–Trinajstić information content (AvgIpc) is 2.80. The van der Waals surface area contributed by atoms with Gasteiger partial charge in [0.05, 0.1) is 18.6 Å². The number of sulfonamides is 1. The number of rotatable bonds is 14. The second kappa shape index (κ2) is 12.7. The average molecular weight is 451 g/mol. The van der Waals surface area contributed by atoms with Crippen LogP contribution in [0, 0.1) is 0 Å². The summed E-state index contributed by atoms with van der Waals surface area (Å²) < 4.78 is 44.7. The monoisotopic (exact) mass is 450 g/mol. The van der Waals surface area contributed by atoms with Crippen LogP contribution in [-0.4, -0.2) is 59.9 Å². The Balaban J connectivity index is 2.10. The normalized spacial score (nSPS) is 12.7. The molecule has 0 saturated heterocycles. The van der Waals surface area contributed by atoms with Crippen molar-refractivity contribution in [1.82, 2.24) is 9.62 Å². The third-order valence-electron chi connectivity index (χ3n) is 5.03. The Morgan fingerprint density at radius 2 is 1.68 bits per heavy atom. The van der Waals surface area contributed by atoms with Gasteiger partial charge in [-0.2, -0.15) is 0 Å². The fourth-order valence-corrected chi connectivity index (χ4v) is 4.36. The predicted octanol–water partition coefficient (Wildman–Crippen LogP) is 3.47. The summed E-state index contributed by atoms with van der Waals surface area (Å²) in [4.78, 5) is 2.42. The minimum Gasteiger partial charge on any atom is -0.497 e. The lowest BCUT2D eigenvalue weighted by molar-refractivity contribution is 0.110. The molecule has 2 aromatic rings. The maximum atomic E-state index is 12.9. The number of nitrogens with zero attached hydrogens (tertiary/aromatic N) is 1. The Morgan fingerprint density at radius 1 is 0.968 bits per heavy atom. The lowest BCUT2D eigenvalue weighted by atomic mass is 10.0. The molecule has 0 aliphatic heterocycles. The Bertz CT molecular complexity index is 883. The highest BCUT2D eigenvalue weighted by Gasteiger charge is 2.22. The number of hydrogen-bond acceptors (Lipinski definition) is 6. The standard InChI is InChI=1S/C23H34N2O5S/c1-5-25(6-2)23(19-9-8-10-21(17-19)28-4)18-24-31(26,27)22-13-11-20(12-14-22)30-16-15-29-7-3/h8-14,17,23-24H,5-7,15-16,18H2,1-4H3. The quantitative estimate of drug-likeness (QED) is 0.444. The van der Waals surface area contributed by atoms with Crippen LogP contribution in [0.2, 0.25) is 0 Å². The molecule has 0 amide bonds. The molecule has 2 aromatic carbocycles. The van der Waals surface area contributed by atoms with E-state index < -0.39 is 10.0 Å². The van der Waals surface area contributed by atoms with E-state index in [-0.39, 0.29) is 17.5 Å². The third kappa shape index (κ3) is 7.50. The maximum Gasteiger partial charge on any atom is 0.240 e. The highest BCUT2D eigenvalue weighted by atomic mass is 32.2. The van der Waals surface area contributed by atoms with Crippen molar-refractivity contribution < 1.29 is 22.6 Å². The highest BCUT2D eigenvalue weighted by molar-refractivity contribution is 7.89. The van der Waals surface area contributed by atoms with Gasteiger partial charge in [-0.3, -0.25) is 4.90 Å². The van der Waals surface area contributed by atoms with Crippen molar-refractivity contribution in [3.8, 4) is 11.5 Å². The number of likely N-dealkylation sites (N-methyl/N-ethyl adjacent to an activating group) is 1. The molecule has 7 nitrogen and oxygen atoms in total. The number of ether oxygens (including phenoxy) is 3. The van der Waals surface area contributed by atoms with E-state index >= 15 is 0 Å². The molecular formula is C23H34N2O5S. The molecule has 0 fully saturated rings. The summed E-state index contributed by atoms with van der Waals surface area (Å²) in [6.07, 6.45) is 0. The molecule has 2 rings (SSSR count). The van der Waals surface area contributed by atoms with E-state index in [0.717, 1.165) is 24.4 Å². The number of methoxy groups -OCH3 is 1. The largest absolute Gasteiger partial charge is 0.497 e. The van der Waals surface area contributed by atoms with Gasteiger partial charge in [0.15, 0.2) is 0 Å². The molecular weight excluding hydrogens is 416 g/mol. The van der Waals surface area contributed by atoms with Crippen LogP contribution in [0.25, 0.3) is 0 Å². The summed E-state index contributed by atoms with van der Waals surface area (Å²) in [5.74, 6) is 1.36. The van der Waals surface area contributed by atoms with Gasteiger partial charge >= 0.3 is 0 Å². The minimum atomic E-state index is -3.66. The van der Waals surface area contributed by atoms with Crippen molar-refractivity contribution in [2.45, 2.75) is 31.7 Å². The molecule has 0 bridgehead atoms. The van der Waals surface area contributed by atoms with Gasteiger partial charge in [0.1, 0.15) is 18.1 Å². The van der Waals surface area contributed by atoms with E-state index in [1.807, 2.05) is 31.2 Å². The van der Waals surface area contributed by atoms with Crippen LogP contribution < -0.4 is 14.2 Å². The van der Waals surface area contributed by atoms with E-state index in [1.54, 1.807) is 31.4 Å². The van der Waals surface area contributed by atoms with Gasteiger partial charge in [-0.15, -0.1) is 0 Å². The Kier molecular flexibility index (Phi) is 10.3. The zero-order valence-corrected chi connectivity index (χ0v) is 19.7. The van der Waals surface area contributed by atoms with E-state index in [0.29, 0.717) is 25.6 Å². The molecule has 0 heterocycles. The van der Waals surface area contributed by atoms with E-state index in [1.165, 1.54) is 0 Å². The van der Waals surface area contributed by atoms with Crippen molar-refractivity contribution in [2.75, 3.05) is 46.6 Å². The Labute approximate surface area is 186 Å². The van der Waals surface area contributed by atoms with E-state index in [4.69, 9.17) is 14.2 Å². The van der Waals surface area contributed by atoms with Crippen LogP contribution in [0.5, 0.6) is 11.5 Å². The first kappa shape index (κ1) is 25.1. The van der Waals surface area contributed by atoms with Crippen LogP contribution >= 0.6 is 0 Å². The van der Waals surface area contributed by atoms with Crippen molar-refractivity contribution >= 4 is 10.0 Å². The number of hydrogen-bond donors (Lipinski definition) is 1. The molecule has 1 N–H and O–H groups in total. The maximum absolute atomic E-state index is 12.9. The zero-order valence-electron chi connectivity index (χ0n) is 18.8. The zero-order chi connectivity index (χ0) is 22.7. The second-order valence-corrected chi connectivity index (χ2v) is 8.65. The molecule has 172 valence electrons. The molecule has 31 heavy (non-hydrogen) atoms. The van der Waals surface area contributed by atoms with Crippen LogP contribution in [0.15, 0.2) is 53.4 Å². The fraction of sp³-hybridized carbons (Fsp3) is 0.478. The molecule has 1 atom stereocenters. The van der Waals surface area contributed by atoms with Gasteiger partial charge in [0.2, 0.25) is 10.0 Å². The molecule has 8 heteroatoms. The Morgan fingerprint density at radius 3 is 2.29 bits per heavy atom. The van der Waals surface area contributed by atoms with Crippen LogP contribution in [0.1, 0.15) is 32.4 Å². The van der Waals surface area contributed by atoms with Crippen molar-refractivity contribution in [1.29, 1.82) is 0 Å². The molecule has 0 aliphatic carbocycles. The first-order chi connectivity index (χ1) is 14.9. The molecule has 0 aromatic heterocycles. The highest BCUT2D eigenvalue weighted by Crippen LogP contribution is 2.24. The van der Waals surface area contributed by atoms with Crippen molar-refractivity contribution in [2.24, 2.45) is 0 Å². The number of benzene rings is 2. The van der Waals surface area contributed by atoms with Gasteiger partial charge in [-0.05, 0) is 62.0 Å². The lowest BCUT2D eigenvalue weighted by Crippen LogP contribution is -2.38. The van der Waals surface area contributed by atoms with Crippen LogP contribution in [0.4, 0.5) is 0 Å². The Hall–Kier alpha value is -2.13. The number of nitrogens with one attached hydrogen (secondary N) is 1. The van der Waals surface area contributed by atoms with Gasteiger partial charge in [0, 0.05) is 19.2 Å². The van der Waals surface area contributed by atoms with Gasteiger partial charge in [-0.1, -0.05) is 26.0 Å². The SMILES string of the molecule is CCOCCOc1ccc(S(=O)(=O)NCC(c2cccc(OC)c2)N(CC)CC)cc1. The third-order valence-corrected chi connectivity index (χ3v) is 6.47. The van der Waals surface area contributed by atoms with Crippen molar-refractivity contribution in [3.63, 3.8) is 0 Å². The topological polar surface area (TPSA) is 77.1 Å². The smallest absolute Gasteiger partial charge is 0.240 e. The summed E-state index contributed by atoms with van der Waals surface area (Å²) in [5.41, 5.74) is 1.00. The first-order valence-corrected chi connectivity index (χ1v) is 12.1. The minimum absolute atomic E-state index is 0.110.